The number of thiocarbonyl (C=S) groups is 1. The van der Waals surface area contributed by atoms with Crippen LogP contribution in [0.4, 0.5) is 17.1 Å². The number of rotatable bonds is 8. The Morgan fingerprint density at radius 3 is 2.26 bits per heavy atom. The summed E-state index contributed by atoms with van der Waals surface area (Å²) in [4.78, 5) is 13.8. The Kier molecular flexibility index (Phi) is 8.32. The van der Waals surface area contributed by atoms with Crippen LogP contribution >= 0.6 is 24.0 Å². The van der Waals surface area contributed by atoms with Crippen LogP contribution in [-0.2, 0) is 4.79 Å². The van der Waals surface area contributed by atoms with Crippen molar-refractivity contribution in [3.8, 4) is 5.75 Å². The minimum Gasteiger partial charge on any atom is -0.497 e. The minimum absolute atomic E-state index is 0.0413. The first-order valence-electron chi connectivity index (χ1n) is 9.92. The average Bonchev–Trinajstić information content (AvgIpc) is 2.78. The zero-order valence-electron chi connectivity index (χ0n) is 17.4. The third-order valence-electron chi connectivity index (χ3n) is 4.40. The van der Waals surface area contributed by atoms with Gasteiger partial charge in [-0.15, -0.1) is 11.8 Å². The van der Waals surface area contributed by atoms with Crippen LogP contribution in [-0.4, -0.2) is 23.4 Å². The Bertz CT molecular complexity index is 1030. The van der Waals surface area contributed by atoms with E-state index in [0.29, 0.717) is 17.3 Å². The summed E-state index contributed by atoms with van der Waals surface area (Å²) in [7, 11) is 1.60. The van der Waals surface area contributed by atoms with Gasteiger partial charge in [0.15, 0.2) is 5.11 Å². The van der Waals surface area contributed by atoms with Gasteiger partial charge in [-0.2, -0.15) is 0 Å². The lowest BCUT2D eigenvalue weighted by molar-refractivity contribution is -0.115. The van der Waals surface area contributed by atoms with E-state index in [1.165, 1.54) is 11.8 Å². The lowest BCUT2D eigenvalue weighted by atomic mass is 10.2. The van der Waals surface area contributed by atoms with Crippen LogP contribution in [0, 0.1) is 0 Å². The van der Waals surface area contributed by atoms with Crippen molar-refractivity contribution in [2.75, 3.05) is 23.1 Å². The summed E-state index contributed by atoms with van der Waals surface area (Å²) < 4.78 is 5.22. The number of ether oxygens (including phenoxy) is 1. The SMILES string of the molecule is CCC(Sc1cccc(NC(=S)Nc2ccccc2)c1)C(=O)Nc1cccc(OC)c1. The van der Waals surface area contributed by atoms with Gasteiger partial charge in [0, 0.05) is 28.0 Å². The van der Waals surface area contributed by atoms with E-state index in [9.17, 15) is 4.79 Å². The highest BCUT2D eigenvalue weighted by Crippen LogP contribution is 2.29. The van der Waals surface area contributed by atoms with E-state index in [1.807, 2.05) is 79.7 Å². The van der Waals surface area contributed by atoms with E-state index in [-0.39, 0.29) is 11.2 Å². The summed E-state index contributed by atoms with van der Waals surface area (Å²) >= 11 is 6.93. The molecule has 3 N–H and O–H groups in total. The molecule has 0 heterocycles. The van der Waals surface area contributed by atoms with E-state index in [4.69, 9.17) is 17.0 Å². The molecule has 0 bridgehead atoms. The van der Waals surface area contributed by atoms with Crippen molar-refractivity contribution in [3.63, 3.8) is 0 Å². The molecule has 5 nitrogen and oxygen atoms in total. The largest absolute Gasteiger partial charge is 0.497 e. The monoisotopic (exact) mass is 451 g/mol. The fraction of sp³-hybridized carbons (Fsp3) is 0.167. The van der Waals surface area contributed by atoms with Gasteiger partial charge in [-0.3, -0.25) is 4.79 Å². The zero-order chi connectivity index (χ0) is 22.1. The third-order valence-corrected chi connectivity index (χ3v) is 5.96. The topological polar surface area (TPSA) is 62.4 Å². The Balaban J connectivity index is 1.61. The summed E-state index contributed by atoms with van der Waals surface area (Å²) in [6.45, 7) is 2.00. The highest BCUT2D eigenvalue weighted by molar-refractivity contribution is 8.00. The first-order valence-corrected chi connectivity index (χ1v) is 11.2. The second-order valence-electron chi connectivity index (χ2n) is 6.71. The van der Waals surface area contributed by atoms with Crippen LogP contribution < -0.4 is 20.7 Å². The van der Waals surface area contributed by atoms with E-state index in [2.05, 4.69) is 16.0 Å². The van der Waals surface area contributed by atoms with Crippen LogP contribution in [0.25, 0.3) is 0 Å². The summed E-state index contributed by atoms with van der Waals surface area (Å²) in [6.07, 6.45) is 0.700. The first kappa shape index (κ1) is 22.7. The van der Waals surface area contributed by atoms with Crippen LogP contribution in [0.3, 0.4) is 0 Å². The number of anilines is 3. The number of nitrogens with one attached hydrogen (secondary N) is 3. The van der Waals surface area contributed by atoms with Gasteiger partial charge < -0.3 is 20.7 Å². The number of carbonyl (C=O) groups is 1. The molecule has 0 aromatic heterocycles. The normalized spacial score (nSPS) is 11.3. The predicted molar refractivity (Wildman–Crippen MR) is 134 cm³/mol. The van der Waals surface area contributed by atoms with Crippen molar-refractivity contribution in [2.45, 2.75) is 23.5 Å². The van der Waals surface area contributed by atoms with Gasteiger partial charge in [0.25, 0.3) is 0 Å². The third kappa shape index (κ3) is 7.01. The summed E-state index contributed by atoms with van der Waals surface area (Å²) in [6, 6.07) is 25.0. The second kappa shape index (κ2) is 11.4. The molecule has 0 spiro atoms. The van der Waals surface area contributed by atoms with Crippen molar-refractivity contribution in [1.82, 2.24) is 0 Å². The van der Waals surface area contributed by atoms with Crippen molar-refractivity contribution in [2.24, 2.45) is 0 Å². The van der Waals surface area contributed by atoms with Crippen LogP contribution in [0.5, 0.6) is 5.75 Å². The van der Waals surface area contributed by atoms with Gasteiger partial charge in [-0.1, -0.05) is 37.3 Å². The lowest BCUT2D eigenvalue weighted by Gasteiger charge is -2.16. The number of hydrogen-bond donors (Lipinski definition) is 3. The van der Waals surface area contributed by atoms with Crippen LogP contribution in [0.1, 0.15) is 13.3 Å². The molecular formula is C24H25N3O2S2. The Morgan fingerprint density at radius 2 is 1.55 bits per heavy atom. The number of carbonyl (C=O) groups excluding carboxylic acids is 1. The molecule has 0 aliphatic rings. The van der Waals surface area contributed by atoms with Gasteiger partial charge in [-0.05, 0) is 61.1 Å². The first-order chi connectivity index (χ1) is 15.1. The molecule has 0 aliphatic heterocycles. The van der Waals surface area contributed by atoms with Gasteiger partial charge >= 0.3 is 0 Å². The smallest absolute Gasteiger partial charge is 0.237 e. The average molecular weight is 452 g/mol. The fourth-order valence-electron chi connectivity index (χ4n) is 2.87. The molecule has 0 fully saturated rings. The Labute approximate surface area is 192 Å². The molecule has 1 unspecified atom stereocenters. The van der Waals surface area contributed by atoms with E-state index >= 15 is 0 Å². The maximum Gasteiger partial charge on any atom is 0.237 e. The summed E-state index contributed by atoms with van der Waals surface area (Å²) in [5, 5.41) is 9.61. The van der Waals surface area contributed by atoms with E-state index < -0.39 is 0 Å². The fourth-order valence-corrected chi connectivity index (χ4v) is 4.12. The Morgan fingerprint density at radius 1 is 0.903 bits per heavy atom. The number of thioether (sulfide) groups is 1. The summed E-state index contributed by atoms with van der Waals surface area (Å²) in [5.41, 5.74) is 2.50. The lowest BCUT2D eigenvalue weighted by Crippen LogP contribution is -2.24. The molecule has 160 valence electrons. The zero-order valence-corrected chi connectivity index (χ0v) is 19.1. The molecule has 1 atom stereocenters. The molecule has 3 rings (SSSR count). The molecule has 3 aromatic carbocycles. The number of amides is 1. The Hall–Kier alpha value is -3.03. The van der Waals surface area contributed by atoms with Gasteiger partial charge in [-0.25, -0.2) is 0 Å². The molecule has 3 aromatic rings. The predicted octanol–water partition coefficient (Wildman–Crippen LogP) is 6.01. The van der Waals surface area contributed by atoms with Crippen molar-refractivity contribution >= 4 is 52.1 Å². The van der Waals surface area contributed by atoms with Gasteiger partial charge in [0.2, 0.25) is 5.91 Å². The molecule has 0 saturated heterocycles. The number of hydrogen-bond acceptors (Lipinski definition) is 4. The molecule has 7 heteroatoms. The van der Waals surface area contributed by atoms with Gasteiger partial charge in [0.05, 0.1) is 12.4 Å². The number of methoxy groups -OCH3 is 1. The molecule has 0 radical (unpaired) electrons. The number of para-hydroxylation sites is 1. The van der Waals surface area contributed by atoms with E-state index in [1.54, 1.807) is 13.2 Å². The molecule has 1 amide bonds. The quantitative estimate of drug-likeness (QED) is 0.288. The van der Waals surface area contributed by atoms with Crippen molar-refractivity contribution < 1.29 is 9.53 Å². The van der Waals surface area contributed by atoms with Crippen molar-refractivity contribution in [3.05, 3.63) is 78.9 Å². The standard InChI is InChI=1S/C24H25N3O2S2/c1-3-22(23(28)25-18-11-7-13-20(15-18)29-2)31-21-14-8-12-19(16-21)27-24(30)26-17-9-5-4-6-10-17/h4-16,22H,3H2,1-2H3,(H,25,28)(H2,26,27,30). The van der Waals surface area contributed by atoms with E-state index in [0.717, 1.165) is 22.0 Å². The highest BCUT2D eigenvalue weighted by atomic mass is 32.2. The molecule has 0 saturated carbocycles. The second-order valence-corrected chi connectivity index (χ2v) is 8.39. The molecular weight excluding hydrogens is 426 g/mol. The maximum absolute atomic E-state index is 12.8. The molecule has 0 aliphatic carbocycles. The van der Waals surface area contributed by atoms with Crippen LogP contribution in [0.2, 0.25) is 0 Å². The number of benzene rings is 3. The maximum atomic E-state index is 12.8. The minimum atomic E-state index is -0.226. The van der Waals surface area contributed by atoms with Crippen molar-refractivity contribution in [1.29, 1.82) is 0 Å². The van der Waals surface area contributed by atoms with Gasteiger partial charge in [0.1, 0.15) is 5.75 Å². The summed E-state index contributed by atoms with van der Waals surface area (Å²) in [5.74, 6) is 0.665. The van der Waals surface area contributed by atoms with Crippen LogP contribution in [0.15, 0.2) is 83.8 Å². The molecule has 31 heavy (non-hydrogen) atoms. The highest BCUT2D eigenvalue weighted by Gasteiger charge is 2.18.